The molecule has 1 aliphatic carbocycles. The molecule has 0 atom stereocenters. The molecule has 1 saturated carbocycles. The Morgan fingerprint density at radius 3 is 2.61 bits per heavy atom. The minimum atomic E-state index is -3.47. The summed E-state index contributed by atoms with van der Waals surface area (Å²) in [7, 11) is -3.47. The van der Waals surface area contributed by atoms with Crippen LogP contribution in [0.5, 0.6) is 0 Å². The molecule has 6 heteroatoms. The van der Waals surface area contributed by atoms with Gasteiger partial charge >= 0.3 is 0 Å². The summed E-state index contributed by atoms with van der Waals surface area (Å²) in [5, 5.41) is 3.26. The van der Waals surface area contributed by atoms with Crippen molar-refractivity contribution in [2.45, 2.75) is 43.8 Å². The summed E-state index contributed by atoms with van der Waals surface area (Å²) in [5.41, 5.74) is 0.719. The topological polar surface area (TPSA) is 71.1 Å². The first-order valence-corrected chi connectivity index (χ1v) is 7.63. The van der Waals surface area contributed by atoms with Crippen molar-refractivity contribution in [2.24, 2.45) is 0 Å². The lowest BCUT2D eigenvalue weighted by Crippen LogP contribution is -2.34. The van der Waals surface area contributed by atoms with Crippen molar-refractivity contribution in [1.29, 1.82) is 0 Å². The van der Waals surface area contributed by atoms with Gasteiger partial charge in [-0.05, 0) is 37.9 Å². The summed E-state index contributed by atoms with van der Waals surface area (Å²) in [6.07, 6.45) is 3.39. The van der Waals surface area contributed by atoms with Gasteiger partial charge in [-0.25, -0.2) is 18.1 Å². The molecule has 1 aromatic rings. The Labute approximate surface area is 108 Å². The van der Waals surface area contributed by atoms with Crippen LogP contribution in [0.2, 0.25) is 0 Å². The van der Waals surface area contributed by atoms with Crippen LogP contribution in [0.15, 0.2) is 23.4 Å². The van der Waals surface area contributed by atoms with Gasteiger partial charge in [-0.15, -0.1) is 0 Å². The first-order valence-electron chi connectivity index (χ1n) is 6.15. The Morgan fingerprint density at radius 1 is 1.39 bits per heavy atom. The molecular weight excluding hydrogens is 250 g/mol. The molecule has 0 saturated heterocycles. The Hall–Kier alpha value is -0.980. The molecule has 2 N–H and O–H groups in total. The number of rotatable bonds is 6. The van der Waals surface area contributed by atoms with E-state index >= 15 is 0 Å². The lowest BCUT2D eigenvalue weighted by Gasteiger charge is -2.11. The van der Waals surface area contributed by atoms with Gasteiger partial charge in [-0.1, -0.05) is 13.0 Å². The number of nitrogens with zero attached hydrogens (tertiary/aromatic N) is 1. The van der Waals surface area contributed by atoms with Crippen molar-refractivity contribution >= 4 is 10.0 Å². The van der Waals surface area contributed by atoms with Gasteiger partial charge in [-0.2, -0.15) is 0 Å². The van der Waals surface area contributed by atoms with Gasteiger partial charge in [0.25, 0.3) is 10.0 Å². The zero-order chi connectivity index (χ0) is 13.2. The highest BCUT2D eigenvalue weighted by Crippen LogP contribution is 2.35. The molecule has 100 valence electrons. The fourth-order valence-corrected chi connectivity index (χ4v) is 3.01. The number of hydrogen-bond acceptors (Lipinski definition) is 4. The van der Waals surface area contributed by atoms with Crippen molar-refractivity contribution in [3.63, 3.8) is 0 Å². The van der Waals surface area contributed by atoms with Crippen molar-refractivity contribution in [3.8, 4) is 0 Å². The average Bonchev–Trinajstić information content (AvgIpc) is 3.03. The van der Waals surface area contributed by atoms with Crippen LogP contribution >= 0.6 is 0 Å². The van der Waals surface area contributed by atoms with Crippen LogP contribution < -0.4 is 10.0 Å². The predicted molar refractivity (Wildman–Crippen MR) is 69.6 cm³/mol. The van der Waals surface area contributed by atoms with Crippen LogP contribution in [0.4, 0.5) is 0 Å². The highest BCUT2D eigenvalue weighted by atomic mass is 32.2. The SMILES string of the molecule is CCNCc1ccc(S(=O)(=O)NC2(C)CC2)nc1. The molecule has 0 unspecified atom stereocenters. The minimum absolute atomic E-state index is 0.0934. The molecule has 1 aliphatic rings. The van der Waals surface area contributed by atoms with E-state index in [4.69, 9.17) is 0 Å². The smallest absolute Gasteiger partial charge is 0.258 e. The molecule has 0 radical (unpaired) electrons. The average molecular weight is 269 g/mol. The van der Waals surface area contributed by atoms with Crippen LogP contribution in [-0.4, -0.2) is 25.5 Å². The van der Waals surface area contributed by atoms with Crippen LogP contribution in [-0.2, 0) is 16.6 Å². The van der Waals surface area contributed by atoms with E-state index < -0.39 is 10.0 Å². The van der Waals surface area contributed by atoms with Gasteiger partial charge in [0.1, 0.15) is 0 Å². The zero-order valence-electron chi connectivity index (χ0n) is 10.7. The second-order valence-corrected chi connectivity index (χ2v) is 6.58. The zero-order valence-corrected chi connectivity index (χ0v) is 11.5. The molecular formula is C12H19N3O2S. The number of sulfonamides is 1. The maximum Gasteiger partial charge on any atom is 0.258 e. The second-order valence-electron chi connectivity index (χ2n) is 4.95. The lowest BCUT2D eigenvalue weighted by molar-refractivity contribution is 0.554. The minimum Gasteiger partial charge on any atom is -0.313 e. The van der Waals surface area contributed by atoms with E-state index in [2.05, 4.69) is 15.0 Å². The molecule has 2 rings (SSSR count). The van der Waals surface area contributed by atoms with Gasteiger partial charge in [-0.3, -0.25) is 0 Å². The lowest BCUT2D eigenvalue weighted by atomic mass is 10.3. The van der Waals surface area contributed by atoms with Crippen LogP contribution in [0.25, 0.3) is 0 Å². The molecule has 1 heterocycles. The predicted octanol–water partition coefficient (Wildman–Crippen LogP) is 1.02. The third-order valence-electron chi connectivity index (χ3n) is 3.03. The Bertz CT molecular complexity index is 507. The molecule has 1 aromatic heterocycles. The van der Waals surface area contributed by atoms with Crippen LogP contribution in [0.1, 0.15) is 32.3 Å². The highest BCUT2D eigenvalue weighted by molar-refractivity contribution is 7.89. The largest absolute Gasteiger partial charge is 0.313 e. The molecule has 18 heavy (non-hydrogen) atoms. The van der Waals surface area contributed by atoms with Gasteiger partial charge in [0.05, 0.1) is 0 Å². The van der Waals surface area contributed by atoms with Gasteiger partial charge in [0.2, 0.25) is 0 Å². The summed E-state index contributed by atoms with van der Waals surface area (Å²) >= 11 is 0. The maximum atomic E-state index is 12.0. The third kappa shape index (κ3) is 3.28. The summed E-state index contributed by atoms with van der Waals surface area (Å²) in [4.78, 5) is 4.02. The van der Waals surface area contributed by atoms with Crippen molar-refractivity contribution < 1.29 is 8.42 Å². The number of nitrogens with one attached hydrogen (secondary N) is 2. The third-order valence-corrected chi connectivity index (χ3v) is 4.59. The number of pyridine rings is 1. The molecule has 5 nitrogen and oxygen atoms in total. The van der Waals surface area contributed by atoms with Gasteiger partial charge < -0.3 is 5.32 Å². The summed E-state index contributed by atoms with van der Waals surface area (Å²) < 4.78 is 26.7. The molecule has 0 bridgehead atoms. The standard InChI is InChI=1S/C12H19N3O2S/c1-3-13-8-10-4-5-11(14-9-10)18(16,17)15-12(2)6-7-12/h4-5,9,13,15H,3,6-8H2,1-2H3. The van der Waals surface area contributed by atoms with Crippen molar-refractivity contribution in [2.75, 3.05) is 6.54 Å². The number of aromatic nitrogens is 1. The first-order chi connectivity index (χ1) is 8.45. The monoisotopic (exact) mass is 269 g/mol. The van der Waals surface area contributed by atoms with Crippen LogP contribution in [0, 0.1) is 0 Å². The quantitative estimate of drug-likeness (QED) is 0.809. The Morgan fingerprint density at radius 2 is 2.11 bits per heavy atom. The molecule has 1 fully saturated rings. The van der Waals surface area contributed by atoms with E-state index in [-0.39, 0.29) is 10.6 Å². The van der Waals surface area contributed by atoms with E-state index in [1.165, 1.54) is 0 Å². The summed E-state index contributed by atoms with van der Waals surface area (Å²) in [6.45, 7) is 5.51. The van der Waals surface area contributed by atoms with E-state index in [1.807, 2.05) is 13.8 Å². The summed E-state index contributed by atoms with van der Waals surface area (Å²) in [6, 6.07) is 3.35. The Kier molecular flexibility index (Phi) is 3.70. The van der Waals surface area contributed by atoms with E-state index in [0.717, 1.165) is 24.9 Å². The molecule has 0 amide bonds. The van der Waals surface area contributed by atoms with Crippen molar-refractivity contribution in [1.82, 2.24) is 15.0 Å². The Balaban J connectivity index is 2.08. The molecule has 0 aromatic carbocycles. The highest BCUT2D eigenvalue weighted by Gasteiger charge is 2.41. The van der Waals surface area contributed by atoms with E-state index in [9.17, 15) is 8.42 Å². The van der Waals surface area contributed by atoms with Gasteiger partial charge in [0, 0.05) is 18.3 Å². The normalized spacial score (nSPS) is 17.7. The summed E-state index contributed by atoms with van der Waals surface area (Å²) in [5.74, 6) is 0. The van der Waals surface area contributed by atoms with E-state index in [1.54, 1.807) is 18.3 Å². The first kappa shape index (κ1) is 13.5. The second kappa shape index (κ2) is 4.95. The van der Waals surface area contributed by atoms with Crippen LogP contribution in [0.3, 0.4) is 0 Å². The molecule has 0 spiro atoms. The van der Waals surface area contributed by atoms with Gasteiger partial charge in [0.15, 0.2) is 5.03 Å². The molecule has 0 aliphatic heterocycles. The fourth-order valence-electron chi connectivity index (χ4n) is 1.61. The maximum absolute atomic E-state index is 12.0. The number of hydrogen-bond donors (Lipinski definition) is 2. The van der Waals surface area contributed by atoms with Crippen molar-refractivity contribution in [3.05, 3.63) is 23.9 Å². The fraction of sp³-hybridized carbons (Fsp3) is 0.583. The van der Waals surface area contributed by atoms with E-state index in [0.29, 0.717) is 6.54 Å².